The van der Waals surface area contributed by atoms with Crippen molar-refractivity contribution in [3.63, 3.8) is 0 Å². The van der Waals surface area contributed by atoms with Gasteiger partial charge in [0.15, 0.2) is 0 Å². The van der Waals surface area contributed by atoms with Gasteiger partial charge in [0, 0.05) is 65.4 Å². The zero-order chi connectivity index (χ0) is 2.71. The fourth-order valence-corrected chi connectivity index (χ4v) is 0. The number of rotatable bonds is 0. The van der Waals surface area contributed by atoms with Gasteiger partial charge in [0.05, 0.1) is 0 Å². The van der Waals surface area contributed by atoms with E-state index >= 15 is 0 Å². The van der Waals surface area contributed by atoms with Gasteiger partial charge in [0.1, 0.15) is 0 Å². The summed E-state index contributed by atoms with van der Waals surface area (Å²) in [6, 6.07) is 0. The number of hydrogen-bond donors (Lipinski definition) is 0. The van der Waals surface area contributed by atoms with Crippen molar-refractivity contribution in [3.05, 3.63) is 3.94 Å². The Kier molecular flexibility index (Phi) is 42.1. The second-order valence-electron chi connectivity index (χ2n) is 0. The number of nitrogens with one attached hydrogen (secondary N) is 1. The smallest absolute Gasteiger partial charge is 0 e. The average Bonchev–Trinajstić information content (AvgIpc) is 0.918. The summed E-state index contributed by atoms with van der Waals surface area (Å²) in [7, 11) is 0. The van der Waals surface area contributed by atoms with E-state index in [0.717, 1.165) is 0 Å². The minimum atomic E-state index is 0. The van der Waals surface area contributed by atoms with Gasteiger partial charge in [0.2, 0.25) is 0 Å². The van der Waals surface area contributed by atoms with Gasteiger partial charge in [-0.3, -0.25) is 0 Å². The van der Waals surface area contributed by atoms with Crippen LogP contribution in [0.25, 0.3) is 3.94 Å². The molecule has 0 bridgehead atoms. The summed E-state index contributed by atoms with van der Waals surface area (Å²) in [5.41, 5.74) is 0. The second kappa shape index (κ2) is 16.8. The first kappa shape index (κ1) is 10.0. The van der Waals surface area contributed by atoms with Crippen LogP contribution in [0.5, 0.6) is 0 Å². The van der Waals surface area contributed by atoms with E-state index in [0.29, 0.717) is 0 Å². The molecule has 4 heteroatoms. The van der Waals surface area contributed by atoms with Gasteiger partial charge in [-0.2, -0.15) is 0 Å². The van der Waals surface area contributed by atoms with Crippen LogP contribution >= 0.6 is 22.9 Å². The molecule has 0 unspecified atom stereocenters. The Morgan fingerprint density at radius 1 is 1.75 bits per heavy atom. The van der Waals surface area contributed by atoms with E-state index in [1.807, 2.05) is 0 Å². The molecule has 2 radical (unpaired) electrons. The molecule has 4 heavy (non-hydrogen) atoms. The molecule has 0 aliphatic heterocycles. The fourth-order valence-electron chi connectivity index (χ4n) is 0. The maximum atomic E-state index is 5.82. The van der Waals surface area contributed by atoms with E-state index in [-0.39, 0.29) is 65.4 Å². The molecule has 0 spiro atoms. The molecule has 0 fully saturated rings. The minimum absolute atomic E-state index is 0. The van der Waals surface area contributed by atoms with E-state index in [1.54, 1.807) is 22.9 Å². The molecule has 0 saturated heterocycles. The summed E-state index contributed by atoms with van der Waals surface area (Å²) in [5.74, 6) is 0. The molecule has 0 aliphatic carbocycles. The second-order valence-corrected chi connectivity index (χ2v) is 0. The summed E-state index contributed by atoms with van der Waals surface area (Å²) in [4.78, 5) is 0. The van der Waals surface area contributed by atoms with Gasteiger partial charge in [-0.1, -0.05) is 0 Å². The van der Waals surface area contributed by atoms with Crippen LogP contribution in [0.4, 0.5) is 0 Å². The molecule has 20 valence electrons. The molecule has 0 rings (SSSR count). The Morgan fingerprint density at radius 2 is 1.75 bits per heavy atom. The first-order valence-electron chi connectivity index (χ1n) is 0.616. The maximum Gasteiger partial charge on any atom is 0 e. The standard InChI is InChI=1S/HIN.2Y/c1-2;;/h2H;;/q-1;;/i/hT. The first-order valence-corrected chi connectivity index (χ1v) is 1.13. The Morgan fingerprint density at radius 3 is 1.75 bits per heavy atom. The fraction of sp³-hybridized carbons (Fsp3) is 0. The van der Waals surface area contributed by atoms with Crippen LogP contribution in [0, 0.1) is 0 Å². The molecule has 0 atom stereocenters. The zero-order valence-corrected chi connectivity index (χ0v) is 9.81. The number of halogens is 1. The van der Waals surface area contributed by atoms with Crippen molar-refractivity contribution in [1.82, 2.24) is 0 Å². The third-order valence-corrected chi connectivity index (χ3v) is 0. The Bertz CT molecular complexity index is 9.61. The Labute approximate surface area is 91.6 Å². The molecule has 0 aromatic carbocycles. The summed E-state index contributed by atoms with van der Waals surface area (Å²) < 4.78 is 8.54. The van der Waals surface area contributed by atoms with E-state index in [1.165, 1.54) is 0 Å². The third kappa shape index (κ3) is 8.86. The predicted molar refractivity (Wildman–Crippen MR) is 18.3 cm³/mol. The van der Waals surface area contributed by atoms with Gasteiger partial charge >= 0.3 is 0 Å². The van der Waals surface area contributed by atoms with Gasteiger partial charge in [-0.05, 0) is 0 Å². The monoisotopic (exact) mass is 322 g/mol. The van der Waals surface area contributed by atoms with Crippen LogP contribution in [0.1, 0.15) is 0 Å². The Balaban J connectivity index is -0.0000000200. The van der Waals surface area contributed by atoms with E-state index in [2.05, 4.69) is 3.94 Å². The van der Waals surface area contributed by atoms with E-state index in [9.17, 15) is 0 Å². The van der Waals surface area contributed by atoms with Crippen LogP contribution in [0.2, 0.25) is 1.41 Å². The molecule has 0 amide bonds. The first-order chi connectivity index (χ1) is 1.41. The summed E-state index contributed by atoms with van der Waals surface area (Å²) >= 11 is 1.58. The quantitative estimate of drug-likeness (QED) is 0.602. The van der Waals surface area contributed by atoms with Crippen molar-refractivity contribution in [2.24, 2.45) is 0 Å². The van der Waals surface area contributed by atoms with Crippen LogP contribution in [0.15, 0.2) is 0 Å². The van der Waals surface area contributed by atoms with Crippen LogP contribution in [-0.4, -0.2) is 0 Å². The molecular weight excluding hydrogens is 319 g/mol. The van der Waals surface area contributed by atoms with Crippen LogP contribution in [0.3, 0.4) is 0 Å². The third-order valence-electron chi connectivity index (χ3n) is 0. The number of hydrogen-bond acceptors (Lipinski definition) is 0. The van der Waals surface area contributed by atoms with Crippen molar-refractivity contribution in [2.75, 3.05) is 0 Å². The predicted octanol–water partition coefficient (Wildman–Crippen LogP) is 1.38. The van der Waals surface area contributed by atoms with Gasteiger partial charge in [-0.15, -0.1) is 1.41 Å². The molecule has 1 N–H and O–H groups in total. The minimum Gasteiger partial charge on any atom is -0.616 e. The molecule has 1 nitrogen and oxygen atoms in total. The van der Waals surface area contributed by atoms with Gasteiger partial charge < -0.3 is 3.94 Å². The molecular formula is HINY2-. The Hall–Kier alpha value is 2.90. The molecule has 0 aromatic rings. The maximum absolute atomic E-state index is 5.82. The molecule has 0 saturated carbocycles. The van der Waals surface area contributed by atoms with Crippen molar-refractivity contribution in [3.8, 4) is 0 Å². The van der Waals surface area contributed by atoms with E-state index in [4.69, 9.17) is 1.41 Å². The SMILES string of the molecule is [3H][N-]I.[Y].[Y]. The average molecular weight is 322 g/mol. The van der Waals surface area contributed by atoms with Crippen molar-refractivity contribution in [1.29, 1.82) is 0 Å². The van der Waals surface area contributed by atoms with Crippen LogP contribution < -0.4 is 0 Å². The summed E-state index contributed by atoms with van der Waals surface area (Å²) in [6.45, 7) is 0. The molecule has 0 aliphatic rings. The molecule has 0 heterocycles. The van der Waals surface area contributed by atoms with E-state index < -0.39 is 0 Å². The summed E-state index contributed by atoms with van der Waals surface area (Å²) in [5, 5.41) is 0. The molecule has 0 aromatic heterocycles. The largest absolute Gasteiger partial charge is 0.616 e. The van der Waals surface area contributed by atoms with Gasteiger partial charge in [0.25, 0.3) is 0 Å². The van der Waals surface area contributed by atoms with Crippen molar-refractivity contribution in [2.45, 2.75) is 0 Å². The van der Waals surface area contributed by atoms with Gasteiger partial charge in [-0.25, -0.2) is 22.9 Å². The zero-order valence-electron chi connectivity index (χ0n) is 2.98. The topological polar surface area (TPSA) is 23.8 Å². The van der Waals surface area contributed by atoms with Crippen LogP contribution in [-0.2, 0) is 65.4 Å². The normalized spacial score (nSPS) is 4.75. The van der Waals surface area contributed by atoms with Crippen molar-refractivity contribution >= 4 is 22.9 Å². The van der Waals surface area contributed by atoms with Crippen molar-refractivity contribution < 1.29 is 66.8 Å². The summed E-state index contributed by atoms with van der Waals surface area (Å²) in [6.07, 6.45) is 0.